The summed E-state index contributed by atoms with van der Waals surface area (Å²) < 4.78 is 10.6. The molecule has 0 atom stereocenters. The number of carbonyl (C=O) groups is 1. The zero-order valence-electron chi connectivity index (χ0n) is 15.7. The highest BCUT2D eigenvalue weighted by Gasteiger charge is 2.19. The number of amides is 2. The number of hydrogen-bond donors (Lipinski definition) is 1. The van der Waals surface area contributed by atoms with Gasteiger partial charge in [0.1, 0.15) is 11.5 Å². The molecule has 5 nitrogen and oxygen atoms in total. The topological polar surface area (TPSA) is 50.8 Å². The Morgan fingerprint density at radius 3 is 2.14 bits per heavy atom. The molecule has 6 heteroatoms. The number of ether oxygens (including phenoxy) is 2. The van der Waals surface area contributed by atoms with Gasteiger partial charge in [-0.2, -0.15) is 0 Å². The Morgan fingerprint density at radius 2 is 1.54 bits per heavy atom. The summed E-state index contributed by atoms with van der Waals surface area (Å²) in [4.78, 5) is 14.8. The first kappa shape index (κ1) is 19.6. The molecule has 3 rings (SSSR count). The molecule has 0 spiro atoms. The fourth-order valence-corrected chi connectivity index (χ4v) is 3.03. The van der Waals surface area contributed by atoms with Crippen molar-refractivity contribution in [1.82, 2.24) is 0 Å². The van der Waals surface area contributed by atoms with Gasteiger partial charge in [-0.05, 0) is 17.7 Å². The summed E-state index contributed by atoms with van der Waals surface area (Å²) in [6.45, 7) is 0.420. The number of carbonyl (C=O) groups excluding carboxylic acids is 1. The van der Waals surface area contributed by atoms with Gasteiger partial charge in [0, 0.05) is 17.8 Å². The number of urea groups is 1. The number of rotatable bonds is 6. The quantitative estimate of drug-likeness (QED) is 0.590. The molecule has 0 aliphatic heterocycles. The monoisotopic (exact) mass is 396 g/mol. The number of nitrogens with one attached hydrogen (secondary N) is 1. The van der Waals surface area contributed by atoms with Gasteiger partial charge in [-0.3, -0.25) is 4.90 Å². The van der Waals surface area contributed by atoms with E-state index in [1.807, 2.05) is 60.7 Å². The lowest BCUT2D eigenvalue weighted by atomic mass is 10.2. The predicted octanol–water partition coefficient (Wildman–Crippen LogP) is 5.60. The molecule has 0 heterocycles. The van der Waals surface area contributed by atoms with Gasteiger partial charge >= 0.3 is 6.03 Å². The molecule has 0 unspecified atom stereocenters. The second kappa shape index (κ2) is 9.15. The van der Waals surface area contributed by atoms with Crippen LogP contribution in [0, 0.1) is 0 Å². The van der Waals surface area contributed by atoms with E-state index in [4.69, 9.17) is 21.1 Å². The summed E-state index contributed by atoms with van der Waals surface area (Å²) >= 11 is 6.15. The average Bonchev–Trinajstić information content (AvgIpc) is 2.74. The van der Waals surface area contributed by atoms with Gasteiger partial charge in [0.2, 0.25) is 0 Å². The minimum absolute atomic E-state index is 0.294. The molecule has 1 N–H and O–H groups in total. The van der Waals surface area contributed by atoms with Crippen LogP contribution in [0.15, 0.2) is 72.8 Å². The van der Waals surface area contributed by atoms with Crippen LogP contribution in [0.25, 0.3) is 0 Å². The first-order valence-electron chi connectivity index (χ1n) is 8.71. The third kappa shape index (κ3) is 4.56. The lowest BCUT2D eigenvalue weighted by molar-refractivity contribution is 0.256. The van der Waals surface area contributed by atoms with Gasteiger partial charge < -0.3 is 14.8 Å². The number of nitrogens with zero attached hydrogens (tertiary/aromatic N) is 1. The van der Waals surface area contributed by atoms with Crippen molar-refractivity contribution < 1.29 is 14.3 Å². The molecule has 0 aliphatic rings. The molecule has 144 valence electrons. The van der Waals surface area contributed by atoms with Crippen LogP contribution >= 0.6 is 11.6 Å². The van der Waals surface area contributed by atoms with Gasteiger partial charge in [-0.1, -0.05) is 60.1 Å². The summed E-state index contributed by atoms with van der Waals surface area (Å²) in [5.41, 5.74) is 2.27. The third-order valence-electron chi connectivity index (χ3n) is 4.21. The minimum Gasteiger partial charge on any atom is -0.495 e. The highest BCUT2D eigenvalue weighted by Crippen LogP contribution is 2.36. The number of para-hydroxylation sites is 1. The summed E-state index contributed by atoms with van der Waals surface area (Å²) in [5.74, 6) is 0.902. The standard InChI is InChI=1S/C22H21ClN2O3/c1-27-20-14-19(21(28-2)13-18(20)23)24-22(26)25(17-11-7-4-8-12-17)15-16-9-5-3-6-10-16/h3-14H,15H2,1-2H3,(H,24,26). The molecule has 0 saturated heterocycles. The molecule has 0 aromatic heterocycles. The van der Waals surface area contributed by atoms with Crippen LogP contribution in [-0.4, -0.2) is 20.3 Å². The van der Waals surface area contributed by atoms with Crippen molar-refractivity contribution in [3.05, 3.63) is 83.4 Å². The molecule has 28 heavy (non-hydrogen) atoms. The maximum Gasteiger partial charge on any atom is 0.326 e. The van der Waals surface area contributed by atoms with Gasteiger partial charge in [-0.25, -0.2) is 4.79 Å². The zero-order chi connectivity index (χ0) is 19.9. The van der Waals surface area contributed by atoms with Crippen LogP contribution in [0.1, 0.15) is 5.56 Å². The maximum absolute atomic E-state index is 13.2. The predicted molar refractivity (Wildman–Crippen MR) is 113 cm³/mol. The Morgan fingerprint density at radius 1 is 0.929 bits per heavy atom. The molecule has 0 bridgehead atoms. The summed E-state index contributed by atoms with van der Waals surface area (Å²) in [6.07, 6.45) is 0. The highest BCUT2D eigenvalue weighted by molar-refractivity contribution is 6.32. The Kier molecular flexibility index (Phi) is 6.40. The van der Waals surface area contributed by atoms with Crippen molar-refractivity contribution in [1.29, 1.82) is 0 Å². The molecule has 2 amide bonds. The fraction of sp³-hybridized carbons (Fsp3) is 0.136. The number of anilines is 2. The van der Waals surface area contributed by atoms with Gasteiger partial charge in [0.05, 0.1) is 31.5 Å². The molecule has 0 saturated carbocycles. The smallest absolute Gasteiger partial charge is 0.326 e. The van der Waals surface area contributed by atoms with Crippen LogP contribution in [0.4, 0.5) is 16.2 Å². The van der Waals surface area contributed by atoms with Crippen LogP contribution in [0.2, 0.25) is 5.02 Å². The largest absolute Gasteiger partial charge is 0.495 e. The zero-order valence-corrected chi connectivity index (χ0v) is 16.4. The lowest BCUT2D eigenvalue weighted by Crippen LogP contribution is -2.34. The van der Waals surface area contributed by atoms with Crippen LogP contribution in [0.5, 0.6) is 11.5 Å². The summed E-state index contributed by atoms with van der Waals surface area (Å²) in [6, 6.07) is 22.2. The second-order valence-electron chi connectivity index (χ2n) is 6.02. The minimum atomic E-state index is -0.294. The first-order valence-corrected chi connectivity index (χ1v) is 9.09. The van der Waals surface area contributed by atoms with E-state index in [9.17, 15) is 4.79 Å². The van der Waals surface area contributed by atoms with Crippen molar-refractivity contribution >= 4 is 29.0 Å². The Hall–Kier alpha value is -3.18. The fourth-order valence-electron chi connectivity index (χ4n) is 2.80. The number of halogens is 1. The van der Waals surface area contributed by atoms with Gasteiger partial charge in [-0.15, -0.1) is 0 Å². The van der Waals surface area contributed by atoms with E-state index in [0.717, 1.165) is 11.3 Å². The van der Waals surface area contributed by atoms with E-state index in [1.54, 1.807) is 17.0 Å². The number of methoxy groups -OCH3 is 2. The summed E-state index contributed by atoms with van der Waals surface area (Å²) in [7, 11) is 3.04. The average molecular weight is 397 g/mol. The Balaban J connectivity index is 1.92. The van der Waals surface area contributed by atoms with Crippen LogP contribution in [-0.2, 0) is 6.54 Å². The maximum atomic E-state index is 13.2. The summed E-state index contributed by atoms with van der Waals surface area (Å²) in [5, 5.41) is 3.31. The van der Waals surface area contributed by atoms with Crippen LogP contribution < -0.4 is 19.7 Å². The van der Waals surface area contributed by atoms with E-state index < -0.39 is 0 Å². The molecule has 0 radical (unpaired) electrons. The van der Waals surface area contributed by atoms with Crippen molar-refractivity contribution in [3.8, 4) is 11.5 Å². The van der Waals surface area contributed by atoms with E-state index in [0.29, 0.717) is 28.8 Å². The molecule has 0 fully saturated rings. The van der Waals surface area contributed by atoms with Crippen molar-refractivity contribution in [2.45, 2.75) is 6.54 Å². The van der Waals surface area contributed by atoms with E-state index in [-0.39, 0.29) is 6.03 Å². The molecule has 3 aromatic carbocycles. The molecule has 0 aliphatic carbocycles. The van der Waals surface area contributed by atoms with Gasteiger partial charge in [0.25, 0.3) is 0 Å². The molecule has 3 aromatic rings. The SMILES string of the molecule is COc1cc(NC(=O)N(Cc2ccccc2)c2ccccc2)c(OC)cc1Cl. The van der Waals surface area contributed by atoms with Crippen molar-refractivity contribution in [2.75, 3.05) is 24.4 Å². The van der Waals surface area contributed by atoms with E-state index in [2.05, 4.69) is 5.32 Å². The third-order valence-corrected chi connectivity index (χ3v) is 4.51. The Labute approximate surface area is 169 Å². The van der Waals surface area contributed by atoms with Crippen molar-refractivity contribution in [2.24, 2.45) is 0 Å². The molecular formula is C22H21ClN2O3. The normalized spacial score (nSPS) is 10.2. The first-order chi connectivity index (χ1) is 13.6. The number of hydrogen-bond acceptors (Lipinski definition) is 3. The second-order valence-corrected chi connectivity index (χ2v) is 6.43. The lowest BCUT2D eigenvalue weighted by Gasteiger charge is -2.24. The highest BCUT2D eigenvalue weighted by atomic mass is 35.5. The Bertz CT molecular complexity index is 933. The van der Waals surface area contributed by atoms with E-state index >= 15 is 0 Å². The van der Waals surface area contributed by atoms with Crippen molar-refractivity contribution in [3.63, 3.8) is 0 Å². The van der Waals surface area contributed by atoms with Gasteiger partial charge in [0.15, 0.2) is 0 Å². The molecular weight excluding hydrogens is 376 g/mol. The van der Waals surface area contributed by atoms with Crippen LogP contribution in [0.3, 0.4) is 0 Å². The number of benzene rings is 3. The van der Waals surface area contributed by atoms with E-state index in [1.165, 1.54) is 14.2 Å².